The molecule has 0 aliphatic carbocycles. The predicted molar refractivity (Wildman–Crippen MR) is 122 cm³/mol. The number of halogens is 3. The zero-order chi connectivity index (χ0) is 23.1. The van der Waals surface area contributed by atoms with Gasteiger partial charge in [-0.1, -0.05) is 42.5 Å². The molecule has 174 valence electrons. The number of hydrogen-bond donors (Lipinski definition) is 1. The molecule has 1 aliphatic rings. The molecule has 4 nitrogen and oxygen atoms in total. The van der Waals surface area contributed by atoms with Crippen LogP contribution < -0.4 is 14.8 Å². The maximum Gasteiger partial charge on any atom is 0.389 e. The van der Waals surface area contributed by atoms with Crippen molar-refractivity contribution >= 4 is 0 Å². The van der Waals surface area contributed by atoms with Crippen LogP contribution in [0.2, 0.25) is 0 Å². The van der Waals surface area contributed by atoms with Crippen LogP contribution in [-0.2, 0) is 0 Å². The Kier molecular flexibility index (Phi) is 7.52. The smallest absolute Gasteiger partial charge is 0.389 e. The van der Waals surface area contributed by atoms with E-state index in [1.807, 2.05) is 72.8 Å². The standard InChI is InChI=1S/C26H27F3N2O2/c27-26(28,29)14-13-23(31-17-15-30-16-18-31)20-11-12-24(32-21-7-3-1-4-8-21)25(19-20)33-22-9-5-2-6-10-22/h1-12,19,23,30H,13-18H2/t23-/m1/s1. The molecule has 1 heterocycles. The lowest BCUT2D eigenvalue weighted by atomic mass is 9.98. The first-order chi connectivity index (χ1) is 16.0. The Hall–Kier alpha value is -3.03. The zero-order valence-electron chi connectivity index (χ0n) is 18.2. The third-order valence-corrected chi connectivity index (χ3v) is 5.59. The van der Waals surface area contributed by atoms with Gasteiger partial charge in [0, 0.05) is 38.6 Å². The Labute approximate surface area is 191 Å². The number of ether oxygens (including phenoxy) is 2. The Balaban J connectivity index is 1.67. The number of benzene rings is 3. The van der Waals surface area contributed by atoms with E-state index < -0.39 is 12.6 Å². The van der Waals surface area contributed by atoms with Crippen molar-refractivity contribution < 1.29 is 22.6 Å². The van der Waals surface area contributed by atoms with E-state index >= 15 is 0 Å². The molecule has 0 aromatic heterocycles. The van der Waals surface area contributed by atoms with Gasteiger partial charge in [-0.25, -0.2) is 0 Å². The highest BCUT2D eigenvalue weighted by Crippen LogP contribution is 2.39. The van der Waals surface area contributed by atoms with Crippen molar-refractivity contribution in [2.24, 2.45) is 0 Å². The van der Waals surface area contributed by atoms with Crippen molar-refractivity contribution in [1.82, 2.24) is 10.2 Å². The Morgan fingerprint density at radius 2 is 1.36 bits per heavy atom. The van der Waals surface area contributed by atoms with E-state index in [0.29, 0.717) is 36.1 Å². The van der Waals surface area contributed by atoms with Crippen molar-refractivity contribution in [3.05, 3.63) is 84.4 Å². The maximum atomic E-state index is 13.1. The van der Waals surface area contributed by atoms with E-state index in [-0.39, 0.29) is 12.5 Å². The van der Waals surface area contributed by atoms with Crippen molar-refractivity contribution in [2.45, 2.75) is 25.1 Å². The molecular weight excluding hydrogens is 429 g/mol. The van der Waals surface area contributed by atoms with Gasteiger partial charge in [0.2, 0.25) is 0 Å². The molecule has 1 N–H and O–H groups in total. The molecule has 7 heteroatoms. The summed E-state index contributed by atoms with van der Waals surface area (Å²) in [6.45, 7) is 2.90. The average Bonchev–Trinajstić information content (AvgIpc) is 2.82. The van der Waals surface area contributed by atoms with Gasteiger partial charge in [-0.3, -0.25) is 4.90 Å². The minimum Gasteiger partial charge on any atom is -0.453 e. The highest BCUT2D eigenvalue weighted by molar-refractivity contribution is 5.48. The van der Waals surface area contributed by atoms with Crippen LogP contribution in [0.5, 0.6) is 23.0 Å². The van der Waals surface area contributed by atoms with Crippen LogP contribution in [0.3, 0.4) is 0 Å². The molecule has 1 fully saturated rings. The number of nitrogens with one attached hydrogen (secondary N) is 1. The minimum absolute atomic E-state index is 0.00678. The summed E-state index contributed by atoms with van der Waals surface area (Å²) in [7, 11) is 0. The summed E-state index contributed by atoms with van der Waals surface area (Å²) < 4.78 is 51.5. The molecule has 1 atom stereocenters. The molecule has 3 aromatic rings. The molecule has 1 aliphatic heterocycles. The fourth-order valence-electron chi connectivity index (χ4n) is 3.98. The third kappa shape index (κ3) is 6.73. The predicted octanol–water partition coefficient (Wildman–Crippen LogP) is 6.56. The minimum atomic E-state index is -4.20. The second-order valence-electron chi connectivity index (χ2n) is 7.99. The lowest BCUT2D eigenvalue weighted by Gasteiger charge is -2.35. The summed E-state index contributed by atoms with van der Waals surface area (Å²) in [6, 6.07) is 23.7. The third-order valence-electron chi connectivity index (χ3n) is 5.59. The molecule has 0 amide bonds. The molecule has 0 saturated carbocycles. The first-order valence-corrected chi connectivity index (χ1v) is 11.1. The summed E-state index contributed by atoms with van der Waals surface area (Å²) >= 11 is 0. The van der Waals surface area contributed by atoms with Crippen LogP contribution in [0.1, 0.15) is 24.4 Å². The second-order valence-corrected chi connectivity index (χ2v) is 7.99. The van der Waals surface area contributed by atoms with Crippen LogP contribution in [0, 0.1) is 0 Å². The number of nitrogens with zero attached hydrogens (tertiary/aromatic N) is 1. The van der Waals surface area contributed by atoms with Crippen molar-refractivity contribution in [3.8, 4) is 23.0 Å². The Morgan fingerprint density at radius 3 is 1.94 bits per heavy atom. The highest BCUT2D eigenvalue weighted by atomic mass is 19.4. The number of alkyl halides is 3. The lowest BCUT2D eigenvalue weighted by molar-refractivity contribution is -0.138. The summed E-state index contributed by atoms with van der Waals surface area (Å²) in [6.07, 6.45) is -5.04. The zero-order valence-corrected chi connectivity index (χ0v) is 18.2. The monoisotopic (exact) mass is 456 g/mol. The molecule has 0 spiro atoms. The fourth-order valence-corrected chi connectivity index (χ4v) is 3.98. The largest absolute Gasteiger partial charge is 0.453 e. The Morgan fingerprint density at radius 1 is 0.788 bits per heavy atom. The quantitative estimate of drug-likeness (QED) is 0.416. The van der Waals surface area contributed by atoms with E-state index in [1.165, 1.54) is 0 Å². The van der Waals surface area contributed by atoms with Gasteiger partial charge in [0.15, 0.2) is 11.5 Å². The van der Waals surface area contributed by atoms with Crippen LogP contribution in [-0.4, -0.2) is 37.3 Å². The summed E-state index contributed by atoms with van der Waals surface area (Å²) in [5.74, 6) is 2.25. The first-order valence-electron chi connectivity index (χ1n) is 11.1. The number of hydrogen-bond acceptors (Lipinski definition) is 4. The van der Waals surface area contributed by atoms with E-state index in [2.05, 4.69) is 10.2 Å². The number of para-hydroxylation sites is 2. The fraction of sp³-hybridized carbons (Fsp3) is 0.308. The van der Waals surface area contributed by atoms with Gasteiger partial charge < -0.3 is 14.8 Å². The van der Waals surface area contributed by atoms with Gasteiger partial charge in [-0.2, -0.15) is 13.2 Å². The van der Waals surface area contributed by atoms with Gasteiger partial charge in [-0.05, 0) is 48.4 Å². The van der Waals surface area contributed by atoms with Gasteiger partial charge in [-0.15, -0.1) is 0 Å². The topological polar surface area (TPSA) is 33.7 Å². The van der Waals surface area contributed by atoms with Gasteiger partial charge >= 0.3 is 6.18 Å². The molecular formula is C26H27F3N2O2. The summed E-state index contributed by atoms with van der Waals surface area (Å²) in [4.78, 5) is 2.11. The number of rotatable bonds is 8. The van der Waals surface area contributed by atoms with Crippen LogP contribution in [0.15, 0.2) is 78.9 Å². The van der Waals surface area contributed by atoms with Gasteiger partial charge in [0.05, 0.1) is 0 Å². The van der Waals surface area contributed by atoms with E-state index in [0.717, 1.165) is 18.7 Å². The average molecular weight is 457 g/mol. The van der Waals surface area contributed by atoms with Crippen molar-refractivity contribution in [2.75, 3.05) is 26.2 Å². The molecule has 0 unspecified atom stereocenters. The van der Waals surface area contributed by atoms with E-state index in [1.54, 1.807) is 6.07 Å². The molecule has 4 rings (SSSR count). The normalized spacial score (nSPS) is 15.7. The van der Waals surface area contributed by atoms with Gasteiger partial charge in [0.1, 0.15) is 11.5 Å². The van der Waals surface area contributed by atoms with Crippen molar-refractivity contribution in [1.29, 1.82) is 0 Å². The summed E-state index contributed by atoms with van der Waals surface area (Å²) in [5, 5.41) is 3.27. The maximum absolute atomic E-state index is 13.1. The lowest BCUT2D eigenvalue weighted by Crippen LogP contribution is -2.45. The number of piperazine rings is 1. The molecule has 33 heavy (non-hydrogen) atoms. The molecule has 0 radical (unpaired) electrons. The van der Waals surface area contributed by atoms with Crippen LogP contribution in [0.4, 0.5) is 13.2 Å². The second kappa shape index (κ2) is 10.7. The van der Waals surface area contributed by atoms with Crippen LogP contribution in [0.25, 0.3) is 0 Å². The van der Waals surface area contributed by atoms with Gasteiger partial charge in [0.25, 0.3) is 0 Å². The van der Waals surface area contributed by atoms with E-state index in [9.17, 15) is 13.2 Å². The van der Waals surface area contributed by atoms with E-state index in [4.69, 9.17) is 9.47 Å². The summed E-state index contributed by atoms with van der Waals surface area (Å²) in [5.41, 5.74) is 0.785. The molecule has 1 saturated heterocycles. The molecule has 0 bridgehead atoms. The molecule has 3 aromatic carbocycles. The highest BCUT2D eigenvalue weighted by Gasteiger charge is 2.31. The first kappa shape index (κ1) is 23.1. The SMILES string of the molecule is FC(F)(F)CC[C@H](c1ccc(Oc2ccccc2)c(Oc2ccccc2)c1)N1CCNCC1. The van der Waals surface area contributed by atoms with Crippen molar-refractivity contribution in [3.63, 3.8) is 0 Å². The Bertz CT molecular complexity index is 1010. The van der Waals surface area contributed by atoms with Crippen LogP contribution >= 0.6 is 0 Å².